The van der Waals surface area contributed by atoms with Crippen LogP contribution in [0.25, 0.3) is 0 Å². The zero-order valence-electron chi connectivity index (χ0n) is 19.4. The van der Waals surface area contributed by atoms with Crippen LogP contribution in [0.4, 0.5) is 0 Å². The van der Waals surface area contributed by atoms with E-state index in [1.807, 2.05) is 0 Å². The normalized spacial score (nSPS) is 19.7. The number of benzene rings is 1. The van der Waals surface area contributed by atoms with Gasteiger partial charge in [-0.15, -0.1) is 11.8 Å². The summed E-state index contributed by atoms with van der Waals surface area (Å²) in [4.78, 5) is 49.9. The van der Waals surface area contributed by atoms with Crippen molar-refractivity contribution in [3.05, 3.63) is 77.3 Å². The number of fused-ring (bicyclic) bond motifs is 1. The van der Waals surface area contributed by atoms with Crippen molar-refractivity contribution in [1.82, 2.24) is 10.2 Å². The number of thioether (sulfide) groups is 1. The molecule has 15 heteroatoms. The van der Waals surface area contributed by atoms with Gasteiger partial charge in [-0.2, -0.15) is 8.42 Å². The third-order valence-electron chi connectivity index (χ3n) is 5.73. The standard InChI is InChI=1S/C22H20N4O8S2.Na/c23-18(27)13-6-8-25(9-7-13)10-14-11-35-21-15(20(29)26(21)16(14)22(30)31)24-19(28)17(36(32,33)34)12-4-2-1-3-5-12;/h1-9,15,17,21H,10-11H2,(H4-,23,24,27,28,30,31,32,33,34);/q;+1/t15-,17?,21-;/m1./s1. The van der Waals surface area contributed by atoms with Gasteiger partial charge in [0.05, 0.1) is 17.2 Å². The number of β-lactam (4-membered cyclic amide) rings is 1. The molecule has 12 nitrogen and oxygen atoms in total. The Morgan fingerprint density at radius 3 is 2.35 bits per heavy atom. The number of nitrogens with zero attached hydrogens (tertiary/aromatic N) is 2. The van der Waals surface area contributed by atoms with Crippen LogP contribution < -0.4 is 50.3 Å². The predicted molar refractivity (Wildman–Crippen MR) is 123 cm³/mol. The molecule has 3 atom stereocenters. The maximum absolute atomic E-state index is 12.9. The molecule has 0 bridgehead atoms. The molecule has 0 radical (unpaired) electrons. The van der Waals surface area contributed by atoms with E-state index in [-0.39, 0.29) is 58.7 Å². The zero-order chi connectivity index (χ0) is 26.2. The summed E-state index contributed by atoms with van der Waals surface area (Å²) < 4.78 is 35.1. The second-order valence-electron chi connectivity index (χ2n) is 8.06. The van der Waals surface area contributed by atoms with E-state index in [0.29, 0.717) is 5.57 Å². The van der Waals surface area contributed by atoms with E-state index in [9.17, 15) is 37.3 Å². The number of amides is 3. The molecule has 3 heterocycles. The first-order valence-corrected chi connectivity index (χ1v) is 13.0. The van der Waals surface area contributed by atoms with E-state index in [0.717, 1.165) is 4.90 Å². The van der Waals surface area contributed by atoms with Crippen molar-refractivity contribution >= 4 is 45.6 Å². The van der Waals surface area contributed by atoms with Crippen molar-refractivity contribution < 1.29 is 71.4 Å². The first-order valence-electron chi connectivity index (χ1n) is 10.5. The Kier molecular flexibility index (Phi) is 8.82. The first kappa shape index (κ1) is 28.8. The molecule has 1 unspecified atom stereocenters. The van der Waals surface area contributed by atoms with E-state index in [1.54, 1.807) is 10.6 Å². The van der Waals surface area contributed by atoms with Crippen LogP contribution in [0, 0.1) is 0 Å². The molecular weight excluding hydrogens is 535 g/mol. The Hall–Kier alpha value is -2.75. The Bertz CT molecular complexity index is 1380. The summed E-state index contributed by atoms with van der Waals surface area (Å²) in [6, 6.07) is 9.02. The van der Waals surface area contributed by atoms with E-state index >= 15 is 0 Å². The van der Waals surface area contributed by atoms with Gasteiger partial charge in [0.2, 0.25) is 11.8 Å². The molecule has 2 aromatic rings. The van der Waals surface area contributed by atoms with Crippen molar-refractivity contribution in [3.63, 3.8) is 0 Å². The van der Waals surface area contributed by atoms with Gasteiger partial charge in [-0.25, -0.2) is 4.57 Å². The molecule has 3 amide bonds. The minimum atomic E-state index is -4.86. The molecule has 1 aromatic carbocycles. The molecule has 1 saturated heterocycles. The Labute approximate surface area is 237 Å². The fourth-order valence-electron chi connectivity index (χ4n) is 4.06. The Balaban J connectivity index is 0.00000380. The number of carboxylic acids is 1. The van der Waals surface area contributed by atoms with E-state index in [1.165, 1.54) is 60.6 Å². The number of nitrogens with one attached hydrogen (secondary N) is 1. The minimum absolute atomic E-state index is 0. The molecule has 0 saturated carbocycles. The van der Waals surface area contributed by atoms with Crippen LogP contribution in [0.1, 0.15) is 21.2 Å². The van der Waals surface area contributed by atoms with E-state index in [2.05, 4.69) is 5.32 Å². The van der Waals surface area contributed by atoms with Crippen LogP contribution in [0.15, 0.2) is 66.1 Å². The van der Waals surface area contributed by atoms with Crippen molar-refractivity contribution in [2.75, 3.05) is 5.75 Å². The van der Waals surface area contributed by atoms with Gasteiger partial charge in [-0.1, -0.05) is 30.3 Å². The van der Waals surface area contributed by atoms with Gasteiger partial charge >= 0.3 is 29.6 Å². The number of hydrogen-bond donors (Lipinski definition) is 3. The number of nitrogens with two attached hydrogens (primary N) is 1. The first-order chi connectivity index (χ1) is 17.0. The third-order valence-corrected chi connectivity index (χ3v) is 8.15. The molecule has 2 aliphatic heterocycles. The average Bonchev–Trinajstić information content (AvgIpc) is 2.82. The van der Waals surface area contributed by atoms with Gasteiger partial charge in [0.25, 0.3) is 16.0 Å². The molecule has 1 aromatic heterocycles. The van der Waals surface area contributed by atoms with Crippen LogP contribution >= 0.6 is 11.8 Å². The number of aromatic nitrogens is 1. The van der Waals surface area contributed by atoms with Crippen molar-refractivity contribution in [1.29, 1.82) is 0 Å². The number of carbonyl (C=O) groups excluding carboxylic acids is 4. The van der Waals surface area contributed by atoms with Crippen LogP contribution in [-0.4, -0.2) is 58.7 Å². The van der Waals surface area contributed by atoms with Gasteiger partial charge in [0.1, 0.15) is 11.4 Å². The predicted octanol–water partition coefficient (Wildman–Crippen LogP) is -4.89. The van der Waals surface area contributed by atoms with Crippen LogP contribution in [0.3, 0.4) is 0 Å². The summed E-state index contributed by atoms with van der Waals surface area (Å²) in [6.45, 7) is 0.0850. The second kappa shape index (κ2) is 11.3. The van der Waals surface area contributed by atoms with Crippen LogP contribution in [0.2, 0.25) is 0 Å². The number of carboxylic acid groups (broad SMARTS) is 1. The maximum atomic E-state index is 12.9. The molecule has 0 aliphatic carbocycles. The Morgan fingerprint density at radius 2 is 1.81 bits per heavy atom. The summed E-state index contributed by atoms with van der Waals surface area (Å²) in [5.41, 5.74) is 5.53. The number of pyridine rings is 1. The molecular formula is C22H20N4NaO8S2+. The maximum Gasteiger partial charge on any atom is 1.00 e. The van der Waals surface area contributed by atoms with E-state index < -0.39 is 50.5 Å². The second-order valence-corrected chi connectivity index (χ2v) is 10.7. The number of carbonyl (C=O) groups is 4. The SMILES string of the molecule is NC(=O)c1cc[n+](CC2=C(C(=O)[O-])N3C(=O)[C@@H](NC(=O)C(c4ccccc4)S(=O)(=O)O)[C@H]3SC2)cc1.[Na+]. The molecule has 188 valence electrons. The zero-order valence-corrected chi connectivity index (χ0v) is 23.1. The average molecular weight is 556 g/mol. The number of primary amides is 1. The van der Waals surface area contributed by atoms with Gasteiger partial charge in [0.15, 0.2) is 24.2 Å². The van der Waals surface area contributed by atoms with Gasteiger partial charge in [-0.05, 0) is 5.56 Å². The molecule has 0 spiro atoms. The van der Waals surface area contributed by atoms with Crippen molar-refractivity contribution in [2.24, 2.45) is 5.73 Å². The Morgan fingerprint density at radius 1 is 1.19 bits per heavy atom. The van der Waals surface area contributed by atoms with E-state index in [4.69, 9.17) is 5.73 Å². The minimum Gasteiger partial charge on any atom is -0.543 e. The van der Waals surface area contributed by atoms with Crippen molar-refractivity contribution in [3.8, 4) is 0 Å². The van der Waals surface area contributed by atoms with Crippen LogP contribution in [-0.2, 0) is 31.0 Å². The summed E-state index contributed by atoms with van der Waals surface area (Å²) in [7, 11) is -4.86. The van der Waals surface area contributed by atoms with Crippen LogP contribution in [0.5, 0.6) is 0 Å². The molecule has 2 aliphatic rings. The largest absolute Gasteiger partial charge is 1.00 e. The third kappa shape index (κ3) is 5.89. The summed E-state index contributed by atoms with van der Waals surface area (Å²) in [5, 5.41) is 11.5. The quantitative estimate of drug-likeness (QED) is 0.124. The molecule has 4 rings (SSSR count). The fourth-order valence-corrected chi connectivity index (χ4v) is 6.23. The monoisotopic (exact) mass is 555 g/mol. The van der Waals surface area contributed by atoms with Gasteiger partial charge in [-0.3, -0.25) is 23.8 Å². The topological polar surface area (TPSA) is 191 Å². The number of hydrogen-bond acceptors (Lipinski definition) is 8. The smallest absolute Gasteiger partial charge is 0.543 e. The summed E-state index contributed by atoms with van der Waals surface area (Å²) in [5.74, 6) is -3.89. The number of aliphatic carboxylic acids is 1. The van der Waals surface area contributed by atoms with Crippen molar-refractivity contribution in [2.45, 2.75) is 23.2 Å². The summed E-state index contributed by atoms with van der Waals surface area (Å²) >= 11 is 1.18. The summed E-state index contributed by atoms with van der Waals surface area (Å²) in [6.07, 6.45) is 3.08. The van der Waals surface area contributed by atoms with Gasteiger partial charge in [0, 0.05) is 23.5 Å². The molecule has 4 N–H and O–H groups in total. The molecule has 1 fully saturated rings. The van der Waals surface area contributed by atoms with Gasteiger partial charge < -0.3 is 21.0 Å². The fraction of sp³-hybridized carbons (Fsp3) is 0.227. The number of rotatable bonds is 8. The molecule has 37 heavy (non-hydrogen) atoms.